The Labute approximate surface area is 183 Å². The Morgan fingerprint density at radius 3 is 2.81 bits per heavy atom. The quantitative estimate of drug-likeness (QED) is 0.327. The molecule has 0 radical (unpaired) electrons. The van der Waals surface area contributed by atoms with E-state index in [-0.39, 0.29) is 5.75 Å². The van der Waals surface area contributed by atoms with E-state index >= 15 is 0 Å². The molecule has 0 spiro atoms. The molecule has 1 fully saturated rings. The van der Waals surface area contributed by atoms with E-state index in [1.54, 1.807) is 37.1 Å². The van der Waals surface area contributed by atoms with Crippen LogP contribution >= 0.6 is 11.8 Å². The molecular formula is C23H23N3O4S. The number of aromatic hydroxyl groups is 1. The molecule has 3 aromatic heterocycles. The fraction of sp³-hybridized carbons (Fsp3) is 0.348. The first-order valence-corrected chi connectivity index (χ1v) is 11.5. The molecule has 5 rings (SSSR count). The Bertz CT molecular complexity index is 1270. The molecule has 0 aliphatic heterocycles. The lowest BCUT2D eigenvalue weighted by Gasteiger charge is -2.25. The van der Waals surface area contributed by atoms with Gasteiger partial charge in [0, 0.05) is 28.8 Å². The van der Waals surface area contributed by atoms with Crippen molar-refractivity contribution < 1.29 is 13.9 Å². The molecule has 4 aromatic rings. The van der Waals surface area contributed by atoms with Gasteiger partial charge < -0.3 is 13.9 Å². The van der Waals surface area contributed by atoms with Gasteiger partial charge in [-0.25, -0.2) is 4.79 Å². The zero-order valence-electron chi connectivity index (χ0n) is 17.2. The number of phenols is 1. The summed E-state index contributed by atoms with van der Waals surface area (Å²) in [5, 5.41) is 20.5. The second kappa shape index (κ2) is 8.26. The minimum Gasteiger partial charge on any atom is -0.508 e. The van der Waals surface area contributed by atoms with Gasteiger partial charge in [0.1, 0.15) is 11.3 Å². The van der Waals surface area contributed by atoms with E-state index in [4.69, 9.17) is 8.83 Å². The lowest BCUT2D eigenvalue weighted by atomic mass is 9.95. The van der Waals surface area contributed by atoms with Gasteiger partial charge in [-0.15, -0.1) is 10.2 Å². The summed E-state index contributed by atoms with van der Waals surface area (Å²) in [5.41, 5.74) is 1.40. The number of furan rings is 1. The Hall–Kier alpha value is -3.00. The average molecular weight is 438 g/mol. The van der Waals surface area contributed by atoms with Crippen molar-refractivity contribution in [1.29, 1.82) is 0 Å². The van der Waals surface area contributed by atoms with E-state index in [9.17, 15) is 9.90 Å². The fourth-order valence-corrected chi connectivity index (χ4v) is 5.29. The molecule has 0 amide bonds. The van der Waals surface area contributed by atoms with Gasteiger partial charge in [0.25, 0.3) is 0 Å². The molecule has 3 heterocycles. The number of benzene rings is 1. The van der Waals surface area contributed by atoms with Crippen molar-refractivity contribution in [2.75, 3.05) is 0 Å². The van der Waals surface area contributed by atoms with E-state index in [2.05, 4.69) is 14.8 Å². The number of nitrogens with zero attached hydrogens (tertiary/aromatic N) is 3. The molecule has 8 heteroatoms. The summed E-state index contributed by atoms with van der Waals surface area (Å²) in [6.07, 6.45) is 7.48. The fourth-order valence-electron chi connectivity index (χ4n) is 4.30. The first-order valence-electron chi connectivity index (χ1n) is 10.5. The average Bonchev–Trinajstić information content (AvgIpc) is 3.45. The first-order chi connectivity index (χ1) is 15.1. The summed E-state index contributed by atoms with van der Waals surface area (Å²) in [7, 11) is 0. The molecule has 1 N–H and O–H groups in total. The molecule has 7 nitrogen and oxygen atoms in total. The van der Waals surface area contributed by atoms with Gasteiger partial charge >= 0.3 is 5.63 Å². The van der Waals surface area contributed by atoms with E-state index in [1.165, 1.54) is 25.3 Å². The van der Waals surface area contributed by atoms with E-state index in [0.717, 1.165) is 34.8 Å². The van der Waals surface area contributed by atoms with Crippen LogP contribution in [0.25, 0.3) is 22.6 Å². The standard InChI is InChI=1S/C23H23N3O4S/c1-14-18(27)10-9-17-15(12-20(28)30-21(14)17)13-31-23-25-24-22(19-8-5-11-29-19)26(23)16-6-3-2-4-7-16/h5,8-12,16,27H,2-4,6-7,13H2,1H3. The van der Waals surface area contributed by atoms with Crippen molar-refractivity contribution in [1.82, 2.24) is 14.8 Å². The minimum atomic E-state index is -0.429. The molecule has 1 aromatic carbocycles. The molecule has 1 aliphatic rings. The second-order valence-corrected chi connectivity index (χ2v) is 8.85. The van der Waals surface area contributed by atoms with Crippen molar-refractivity contribution in [3.8, 4) is 17.3 Å². The molecule has 0 atom stereocenters. The van der Waals surface area contributed by atoms with Crippen LogP contribution in [0, 0.1) is 6.92 Å². The van der Waals surface area contributed by atoms with Gasteiger partial charge in [-0.2, -0.15) is 0 Å². The van der Waals surface area contributed by atoms with Gasteiger partial charge in [-0.05, 0) is 49.6 Å². The van der Waals surface area contributed by atoms with Crippen LogP contribution in [0.3, 0.4) is 0 Å². The summed E-state index contributed by atoms with van der Waals surface area (Å²) in [5.74, 6) is 2.11. The smallest absolute Gasteiger partial charge is 0.336 e. The summed E-state index contributed by atoms with van der Waals surface area (Å²) in [6, 6.07) is 9.03. The maximum atomic E-state index is 12.1. The highest BCUT2D eigenvalue weighted by Crippen LogP contribution is 2.37. The normalized spacial score (nSPS) is 15.0. The Balaban J connectivity index is 1.51. The number of fused-ring (bicyclic) bond motifs is 1. The largest absolute Gasteiger partial charge is 0.508 e. The molecule has 0 bridgehead atoms. The number of rotatable bonds is 5. The Morgan fingerprint density at radius 2 is 2.03 bits per heavy atom. The number of aromatic nitrogens is 3. The number of hydrogen-bond acceptors (Lipinski definition) is 7. The molecule has 1 saturated carbocycles. The van der Waals surface area contributed by atoms with Gasteiger partial charge in [0.15, 0.2) is 10.9 Å². The lowest BCUT2D eigenvalue weighted by molar-refractivity contribution is 0.337. The van der Waals surface area contributed by atoms with Crippen molar-refractivity contribution in [3.05, 3.63) is 58.1 Å². The maximum absolute atomic E-state index is 12.1. The number of thioether (sulfide) groups is 1. The van der Waals surface area contributed by atoms with Gasteiger partial charge in [0.05, 0.1) is 6.26 Å². The summed E-state index contributed by atoms with van der Waals surface area (Å²) >= 11 is 1.55. The van der Waals surface area contributed by atoms with Gasteiger partial charge in [-0.1, -0.05) is 31.0 Å². The first kappa shape index (κ1) is 19.9. The van der Waals surface area contributed by atoms with E-state index in [0.29, 0.717) is 28.7 Å². The second-order valence-electron chi connectivity index (χ2n) is 7.91. The minimum absolute atomic E-state index is 0.112. The highest BCUT2D eigenvalue weighted by molar-refractivity contribution is 7.98. The van der Waals surface area contributed by atoms with Crippen LogP contribution in [0.15, 0.2) is 55.4 Å². The summed E-state index contributed by atoms with van der Waals surface area (Å²) in [4.78, 5) is 12.1. The van der Waals surface area contributed by atoms with Crippen molar-refractivity contribution in [3.63, 3.8) is 0 Å². The number of aryl methyl sites for hydroxylation is 1. The molecule has 160 valence electrons. The third-order valence-corrected chi connectivity index (χ3v) is 6.91. The zero-order valence-corrected chi connectivity index (χ0v) is 18.0. The van der Waals surface area contributed by atoms with Crippen LogP contribution in [0.2, 0.25) is 0 Å². The van der Waals surface area contributed by atoms with Crippen LogP contribution in [0.5, 0.6) is 5.75 Å². The molecular weight excluding hydrogens is 414 g/mol. The van der Waals surface area contributed by atoms with Crippen LogP contribution in [0.4, 0.5) is 0 Å². The van der Waals surface area contributed by atoms with Crippen LogP contribution in [-0.2, 0) is 5.75 Å². The Morgan fingerprint density at radius 1 is 1.19 bits per heavy atom. The van der Waals surface area contributed by atoms with Crippen molar-refractivity contribution in [2.45, 2.75) is 56.0 Å². The topological polar surface area (TPSA) is 94.3 Å². The van der Waals surface area contributed by atoms with Crippen molar-refractivity contribution >= 4 is 22.7 Å². The zero-order chi connectivity index (χ0) is 21.4. The maximum Gasteiger partial charge on any atom is 0.336 e. The highest BCUT2D eigenvalue weighted by Gasteiger charge is 2.25. The molecule has 1 aliphatic carbocycles. The van der Waals surface area contributed by atoms with Crippen LogP contribution < -0.4 is 5.63 Å². The number of phenolic OH excluding ortho intramolecular Hbond substituents is 1. The van der Waals surface area contributed by atoms with E-state index in [1.807, 2.05) is 12.1 Å². The Kier molecular flexibility index (Phi) is 5.31. The third kappa shape index (κ3) is 3.76. The number of hydrogen-bond donors (Lipinski definition) is 1. The monoisotopic (exact) mass is 437 g/mol. The summed E-state index contributed by atoms with van der Waals surface area (Å²) in [6.45, 7) is 1.74. The van der Waals surface area contributed by atoms with E-state index < -0.39 is 5.63 Å². The van der Waals surface area contributed by atoms with Crippen molar-refractivity contribution in [2.24, 2.45) is 0 Å². The highest BCUT2D eigenvalue weighted by atomic mass is 32.2. The SMILES string of the molecule is Cc1c(O)ccc2c(CSc3nnc(-c4ccco4)n3C3CCCCC3)cc(=O)oc12. The molecule has 0 saturated heterocycles. The predicted molar refractivity (Wildman–Crippen MR) is 118 cm³/mol. The van der Waals surface area contributed by atoms with Crippen LogP contribution in [0.1, 0.15) is 49.3 Å². The van der Waals surface area contributed by atoms with Gasteiger partial charge in [0.2, 0.25) is 5.82 Å². The summed E-state index contributed by atoms with van der Waals surface area (Å²) < 4.78 is 13.2. The third-order valence-electron chi connectivity index (χ3n) is 5.92. The molecule has 0 unspecified atom stereocenters. The predicted octanol–water partition coefficient (Wildman–Crippen LogP) is 5.46. The van der Waals surface area contributed by atoms with Crippen LogP contribution in [-0.4, -0.2) is 19.9 Å². The lowest BCUT2D eigenvalue weighted by Crippen LogP contribution is -2.15. The van der Waals surface area contributed by atoms with Gasteiger partial charge in [-0.3, -0.25) is 4.57 Å². The molecule has 31 heavy (non-hydrogen) atoms.